The van der Waals surface area contributed by atoms with Gasteiger partial charge in [0.25, 0.3) is 5.91 Å². The summed E-state index contributed by atoms with van der Waals surface area (Å²) in [5.41, 5.74) is 1.94. The molecule has 1 N–H and O–H groups in total. The number of benzene rings is 1. The van der Waals surface area contributed by atoms with Gasteiger partial charge in [-0.3, -0.25) is 19.2 Å². The molecule has 10 heteroatoms. The van der Waals surface area contributed by atoms with Crippen LogP contribution in [0.25, 0.3) is 10.9 Å². The number of hydrogen-bond acceptors (Lipinski definition) is 7. The Morgan fingerprint density at radius 2 is 1.91 bits per heavy atom. The molecule has 0 aliphatic heterocycles. The molecule has 0 spiro atoms. The summed E-state index contributed by atoms with van der Waals surface area (Å²) < 4.78 is 7.57. The number of rotatable bonds is 5. The van der Waals surface area contributed by atoms with Gasteiger partial charge in [-0.25, -0.2) is 15.0 Å². The van der Waals surface area contributed by atoms with E-state index in [4.69, 9.17) is 4.74 Å². The van der Waals surface area contributed by atoms with Gasteiger partial charge in [0.15, 0.2) is 5.82 Å². The average molecular weight is 431 g/mol. The number of carbonyl (C=O) groups is 2. The third-order valence-corrected chi connectivity index (χ3v) is 4.76. The number of anilines is 2. The van der Waals surface area contributed by atoms with Crippen molar-refractivity contribution in [1.82, 2.24) is 24.7 Å². The van der Waals surface area contributed by atoms with Gasteiger partial charge in [-0.2, -0.15) is 5.10 Å². The maximum absolute atomic E-state index is 12.8. The van der Waals surface area contributed by atoms with Crippen molar-refractivity contribution in [2.45, 2.75) is 13.8 Å². The van der Waals surface area contributed by atoms with Gasteiger partial charge in [-0.1, -0.05) is 6.07 Å². The van der Waals surface area contributed by atoms with E-state index in [9.17, 15) is 9.59 Å². The molecule has 0 bridgehead atoms. The lowest BCUT2D eigenvalue weighted by Gasteiger charge is -2.13. The maximum Gasteiger partial charge on any atom is 0.257 e. The first-order chi connectivity index (χ1) is 15.3. The molecule has 0 saturated carbocycles. The van der Waals surface area contributed by atoms with E-state index in [1.165, 1.54) is 24.2 Å². The summed E-state index contributed by atoms with van der Waals surface area (Å²) in [6, 6.07) is 6.90. The van der Waals surface area contributed by atoms with E-state index in [1.54, 1.807) is 49.4 Å². The molecule has 0 saturated heterocycles. The lowest BCUT2D eigenvalue weighted by molar-refractivity contribution is -0.116. The Kier molecular flexibility index (Phi) is 5.50. The number of fused-ring (bicyclic) bond motifs is 1. The molecule has 0 unspecified atom stereocenters. The van der Waals surface area contributed by atoms with Crippen LogP contribution in [0.5, 0.6) is 11.6 Å². The normalized spacial score (nSPS) is 10.8. The molecule has 2 amide bonds. The molecular weight excluding hydrogens is 410 g/mol. The van der Waals surface area contributed by atoms with Gasteiger partial charge in [0, 0.05) is 39.0 Å². The van der Waals surface area contributed by atoms with E-state index in [-0.39, 0.29) is 17.7 Å². The Labute approximate surface area is 183 Å². The van der Waals surface area contributed by atoms with Gasteiger partial charge in [0.2, 0.25) is 11.8 Å². The zero-order valence-corrected chi connectivity index (χ0v) is 18.0. The first-order valence-corrected chi connectivity index (χ1v) is 9.76. The second-order valence-corrected chi connectivity index (χ2v) is 7.28. The van der Waals surface area contributed by atoms with Crippen LogP contribution in [0.15, 0.2) is 49.1 Å². The molecule has 0 fully saturated rings. The van der Waals surface area contributed by atoms with Gasteiger partial charge < -0.3 is 10.1 Å². The van der Waals surface area contributed by atoms with Crippen molar-refractivity contribution in [3.63, 3.8) is 0 Å². The molecule has 4 aromatic rings. The Morgan fingerprint density at radius 3 is 2.56 bits per heavy atom. The monoisotopic (exact) mass is 431 g/mol. The minimum atomic E-state index is -0.344. The van der Waals surface area contributed by atoms with Crippen LogP contribution in [0.2, 0.25) is 0 Å². The Morgan fingerprint density at radius 1 is 1.09 bits per heavy atom. The summed E-state index contributed by atoms with van der Waals surface area (Å²) in [4.78, 5) is 38.3. The van der Waals surface area contributed by atoms with Crippen molar-refractivity contribution < 1.29 is 14.3 Å². The van der Waals surface area contributed by atoms with Crippen molar-refractivity contribution >= 4 is 34.4 Å². The van der Waals surface area contributed by atoms with E-state index in [0.717, 1.165) is 5.56 Å². The molecule has 3 aromatic heterocycles. The smallest absolute Gasteiger partial charge is 0.257 e. The SMILES string of the molecule is CC(=O)N(C)c1cnc(Oc2cc(C(=O)Nc3ccc(C)cn3)cc3nn(C)cc23)cn1. The average Bonchev–Trinajstić information content (AvgIpc) is 3.15. The number of hydrogen-bond donors (Lipinski definition) is 1. The fourth-order valence-electron chi connectivity index (χ4n) is 2.97. The highest BCUT2D eigenvalue weighted by atomic mass is 16.5. The summed E-state index contributed by atoms with van der Waals surface area (Å²) in [6.07, 6.45) is 6.33. The van der Waals surface area contributed by atoms with Gasteiger partial charge in [-0.05, 0) is 30.7 Å². The predicted molar refractivity (Wildman–Crippen MR) is 119 cm³/mol. The topological polar surface area (TPSA) is 115 Å². The number of carbonyl (C=O) groups excluding carboxylic acids is 2. The largest absolute Gasteiger partial charge is 0.437 e. The summed E-state index contributed by atoms with van der Waals surface area (Å²) in [5.74, 6) is 0.957. The van der Waals surface area contributed by atoms with Crippen LogP contribution >= 0.6 is 0 Å². The van der Waals surface area contributed by atoms with Gasteiger partial charge in [0.1, 0.15) is 11.6 Å². The number of pyridine rings is 1. The molecule has 162 valence electrons. The third kappa shape index (κ3) is 4.38. The van der Waals surface area contributed by atoms with Crippen LogP contribution < -0.4 is 15.0 Å². The van der Waals surface area contributed by atoms with Crippen LogP contribution in [0.1, 0.15) is 22.8 Å². The number of nitrogens with zero attached hydrogens (tertiary/aromatic N) is 6. The van der Waals surface area contributed by atoms with Crippen LogP contribution in [0.3, 0.4) is 0 Å². The Balaban J connectivity index is 1.64. The molecular formula is C22H21N7O3. The zero-order chi connectivity index (χ0) is 22.8. The van der Waals surface area contributed by atoms with Gasteiger partial charge in [0.05, 0.1) is 23.3 Å². The Hall–Kier alpha value is -4.34. The molecule has 0 aliphatic carbocycles. The van der Waals surface area contributed by atoms with E-state index in [1.807, 2.05) is 13.0 Å². The highest BCUT2D eigenvalue weighted by Gasteiger charge is 2.16. The number of aromatic nitrogens is 5. The molecule has 4 rings (SSSR count). The van der Waals surface area contributed by atoms with E-state index < -0.39 is 0 Å². The molecule has 0 radical (unpaired) electrons. The van der Waals surface area contributed by atoms with Crippen molar-refractivity contribution in [3.8, 4) is 11.6 Å². The lowest BCUT2D eigenvalue weighted by Crippen LogP contribution is -2.23. The van der Waals surface area contributed by atoms with E-state index >= 15 is 0 Å². The van der Waals surface area contributed by atoms with Crippen molar-refractivity contribution in [1.29, 1.82) is 0 Å². The molecule has 3 heterocycles. The first kappa shape index (κ1) is 20.9. The minimum absolute atomic E-state index is 0.160. The maximum atomic E-state index is 12.8. The molecule has 1 aromatic carbocycles. The minimum Gasteiger partial charge on any atom is -0.437 e. The molecule has 0 aliphatic rings. The first-order valence-electron chi connectivity index (χ1n) is 9.76. The van der Waals surface area contributed by atoms with Crippen molar-refractivity contribution in [2.24, 2.45) is 7.05 Å². The van der Waals surface area contributed by atoms with Crippen LogP contribution in [-0.4, -0.2) is 43.6 Å². The fraction of sp³-hybridized carbons (Fsp3) is 0.182. The summed E-state index contributed by atoms with van der Waals surface area (Å²) in [7, 11) is 3.39. The zero-order valence-electron chi connectivity index (χ0n) is 18.0. The Bertz CT molecular complexity index is 1300. The van der Waals surface area contributed by atoms with E-state index in [0.29, 0.717) is 33.9 Å². The van der Waals surface area contributed by atoms with Crippen LogP contribution in [0, 0.1) is 6.92 Å². The van der Waals surface area contributed by atoms with Crippen LogP contribution in [-0.2, 0) is 11.8 Å². The third-order valence-electron chi connectivity index (χ3n) is 4.76. The summed E-state index contributed by atoms with van der Waals surface area (Å²) in [6.45, 7) is 3.36. The molecule has 10 nitrogen and oxygen atoms in total. The molecule has 32 heavy (non-hydrogen) atoms. The predicted octanol–water partition coefficient (Wildman–Crippen LogP) is 3.09. The highest BCUT2D eigenvalue weighted by molar-refractivity contribution is 6.06. The number of amides is 2. The van der Waals surface area contributed by atoms with Gasteiger partial charge in [-0.15, -0.1) is 0 Å². The van der Waals surface area contributed by atoms with Crippen molar-refractivity contribution in [2.75, 3.05) is 17.3 Å². The quantitative estimate of drug-likeness (QED) is 0.516. The highest BCUT2D eigenvalue weighted by Crippen LogP contribution is 2.30. The molecule has 0 atom stereocenters. The fourth-order valence-corrected chi connectivity index (χ4v) is 2.97. The standard InChI is InChI=1S/C22H21N7O3/c1-13-5-6-19(23-9-13)26-22(31)15-7-17-16(12-28(3)27-17)18(8-15)32-21-11-24-20(10-25-21)29(4)14(2)30/h5-12H,1-4H3,(H,23,26,31). The summed E-state index contributed by atoms with van der Waals surface area (Å²) in [5, 5.41) is 7.88. The number of aryl methyl sites for hydroxylation is 2. The number of ether oxygens (including phenoxy) is 1. The summed E-state index contributed by atoms with van der Waals surface area (Å²) >= 11 is 0. The lowest BCUT2D eigenvalue weighted by atomic mass is 10.1. The van der Waals surface area contributed by atoms with Crippen molar-refractivity contribution in [3.05, 3.63) is 60.2 Å². The second kappa shape index (κ2) is 8.42. The second-order valence-electron chi connectivity index (χ2n) is 7.28. The van der Waals surface area contributed by atoms with E-state index in [2.05, 4.69) is 25.4 Å². The number of nitrogens with one attached hydrogen (secondary N) is 1. The van der Waals surface area contributed by atoms with Crippen LogP contribution in [0.4, 0.5) is 11.6 Å². The van der Waals surface area contributed by atoms with Gasteiger partial charge >= 0.3 is 0 Å².